The number of carbonyl (C=O) groups is 1. The molecule has 0 radical (unpaired) electrons. The molecule has 1 heterocycles. The van der Waals surface area contributed by atoms with Crippen molar-refractivity contribution in [3.05, 3.63) is 0 Å². The Balaban J connectivity index is 2.16. The van der Waals surface area contributed by atoms with E-state index in [9.17, 15) is 9.36 Å². The van der Waals surface area contributed by atoms with Gasteiger partial charge in [-0.25, -0.2) is 9.46 Å². The Morgan fingerprint density at radius 2 is 1.60 bits per heavy atom. The number of hydrogen-bond donors (Lipinski definition) is 1. The van der Waals surface area contributed by atoms with Gasteiger partial charge in [0.05, 0.1) is 39.1 Å². The zero-order chi connectivity index (χ0) is 18.7. The van der Waals surface area contributed by atoms with Crippen LogP contribution in [0.25, 0.3) is 0 Å². The van der Waals surface area contributed by atoms with Crippen LogP contribution >= 0.6 is 7.52 Å². The van der Waals surface area contributed by atoms with E-state index in [2.05, 4.69) is 0 Å². The molecule has 9 nitrogen and oxygen atoms in total. The maximum Gasteiger partial charge on any atom is 0.409 e. The maximum atomic E-state index is 12.5. The fourth-order valence-electron chi connectivity index (χ4n) is 2.37. The zero-order valence-electron chi connectivity index (χ0n) is 15.4. The lowest BCUT2D eigenvalue weighted by molar-refractivity contribution is 0.0127. The smallest absolute Gasteiger partial charge is 0.409 e. The van der Waals surface area contributed by atoms with E-state index in [1.807, 2.05) is 13.8 Å². The van der Waals surface area contributed by atoms with Gasteiger partial charge >= 0.3 is 6.09 Å². The molecule has 0 aromatic heterocycles. The van der Waals surface area contributed by atoms with E-state index in [-0.39, 0.29) is 25.9 Å². The molecule has 10 heteroatoms. The van der Waals surface area contributed by atoms with Gasteiger partial charge < -0.3 is 28.7 Å². The number of nitrogens with zero attached hydrogens (tertiary/aromatic N) is 2. The van der Waals surface area contributed by atoms with Crippen LogP contribution in [0.1, 0.15) is 13.8 Å². The molecule has 1 amide bonds. The summed E-state index contributed by atoms with van der Waals surface area (Å²) < 4.78 is 35.3. The van der Waals surface area contributed by atoms with Crippen LogP contribution in [0.3, 0.4) is 0 Å². The molecule has 0 spiro atoms. The summed E-state index contributed by atoms with van der Waals surface area (Å²) in [7, 11) is -2.82. The monoisotopic (exact) mass is 382 g/mol. The summed E-state index contributed by atoms with van der Waals surface area (Å²) in [6.07, 6.45) is -0.497. The van der Waals surface area contributed by atoms with Gasteiger partial charge in [0.1, 0.15) is 6.61 Å². The van der Waals surface area contributed by atoms with Crippen LogP contribution in [-0.2, 0) is 23.3 Å². The molecule has 0 aromatic carbocycles. The molecular formula is C15H31N2O7P. The highest BCUT2D eigenvalue weighted by molar-refractivity contribution is 7.55. The van der Waals surface area contributed by atoms with Crippen LogP contribution in [0, 0.1) is 0 Å². The van der Waals surface area contributed by atoms with Gasteiger partial charge in [-0.2, -0.15) is 0 Å². The molecule has 1 fully saturated rings. The Hall–Kier alpha value is -0.700. The molecule has 1 unspecified atom stereocenters. The third kappa shape index (κ3) is 8.99. The van der Waals surface area contributed by atoms with Crippen molar-refractivity contribution in [3.63, 3.8) is 0 Å². The lowest BCUT2D eigenvalue weighted by Gasteiger charge is -2.37. The van der Waals surface area contributed by atoms with Crippen LogP contribution in [-0.4, -0.2) is 99.4 Å². The van der Waals surface area contributed by atoms with Gasteiger partial charge in [0.15, 0.2) is 0 Å². The highest BCUT2D eigenvalue weighted by atomic mass is 31.2. The molecule has 0 aromatic rings. The third-order valence-corrected chi connectivity index (χ3v) is 5.74. The number of rotatable bonds is 11. The van der Waals surface area contributed by atoms with Gasteiger partial charge in [-0.15, -0.1) is 0 Å². The number of ether oxygens (including phenoxy) is 3. The molecule has 1 aliphatic rings. The summed E-state index contributed by atoms with van der Waals surface area (Å²) >= 11 is 0. The standard InChI is InChI=1S/C15H31N2O7P/c1-14(2)24-25(3,20)17-6-4-16(5-7-17)15(19)23-13-12-22-11-10-21-9-8-18/h14,18H,4-13H2,1-3H3. The minimum atomic E-state index is -2.82. The zero-order valence-corrected chi connectivity index (χ0v) is 16.3. The van der Waals surface area contributed by atoms with E-state index in [1.165, 1.54) is 0 Å². The fraction of sp³-hybridized carbons (Fsp3) is 0.933. The number of carbonyl (C=O) groups excluding carboxylic acids is 1. The summed E-state index contributed by atoms with van der Waals surface area (Å²) in [5.74, 6) is 0. The van der Waals surface area contributed by atoms with Crippen LogP contribution < -0.4 is 0 Å². The predicted octanol–water partition coefficient (Wildman–Crippen LogP) is 1.01. The first-order valence-corrected chi connectivity index (χ1v) is 10.6. The van der Waals surface area contributed by atoms with Crippen LogP contribution in [0.15, 0.2) is 0 Å². The minimum Gasteiger partial charge on any atom is -0.447 e. The molecule has 0 saturated carbocycles. The van der Waals surface area contributed by atoms with E-state index in [0.29, 0.717) is 46.0 Å². The number of amides is 1. The Morgan fingerprint density at radius 1 is 1.04 bits per heavy atom. The summed E-state index contributed by atoms with van der Waals surface area (Å²) in [5.41, 5.74) is 0. The molecule has 1 saturated heterocycles. The van der Waals surface area contributed by atoms with Crippen molar-refractivity contribution >= 4 is 13.6 Å². The van der Waals surface area contributed by atoms with Crippen molar-refractivity contribution in [1.82, 2.24) is 9.57 Å². The molecular weight excluding hydrogens is 351 g/mol. The number of aliphatic hydroxyl groups excluding tert-OH is 1. The minimum absolute atomic E-state index is 0.0119. The highest BCUT2D eigenvalue weighted by Gasteiger charge is 2.32. The summed E-state index contributed by atoms with van der Waals surface area (Å²) in [6, 6.07) is 0. The van der Waals surface area contributed by atoms with Gasteiger partial charge in [-0.1, -0.05) is 0 Å². The highest BCUT2D eigenvalue weighted by Crippen LogP contribution is 2.48. The second-order valence-electron chi connectivity index (χ2n) is 5.96. The molecule has 148 valence electrons. The normalized spacial score (nSPS) is 18.4. The van der Waals surface area contributed by atoms with Crippen LogP contribution in [0.5, 0.6) is 0 Å². The van der Waals surface area contributed by atoms with E-state index < -0.39 is 13.6 Å². The van der Waals surface area contributed by atoms with E-state index in [0.717, 1.165) is 0 Å². The van der Waals surface area contributed by atoms with Crippen molar-refractivity contribution in [2.24, 2.45) is 0 Å². The molecule has 0 aliphatic carbocycles. The Morgan fingerprint density at radius 3 is 2.16 bits per heavy atom. The molecule has 1 atom stereocenters. The predicted molar refractivity (Wildman–Crippen MR) is 93.0 cm³/mol. The van der Waals surface area contributed by atoms with Gasteiger partial charge in [0.2, 0.25) is 0 Å². The average molecular weight is 382 g/mol. The molecule has 1 N–H and O–H groups in total. The Kier molecular flexibility index (Phi) is 10.6. The summed E-state index contributed by atoms with van der Waals surface area (Å²) in [5, 5.41) is 8.54. The van der Waals surface area contributed by atoms with Crippen molar-refractivity contribution in [2.45, 2.75) is 20.0 Å². The van der Waals surface area contributed by atoms with Crippen LogP contribution in [0.4, 0.5) is 4.79 Å². The van der Waals surface area contributed by atoms with E-state index >= 15 is 0 Å². The Bertz CT molecular complexity index is 428. The van der Waals surface area contributed by atoms with Crippen molar-refractivity contribution in [1.29, 1.82) is 0 Å². The fourth-order valence-corrected chi connectivity index (χ4v) is 4.19. The second-order valence-corrected chi connectivity index (χ2v) is 8.34. The molecule has 25 heavy (non-hydrogen) atoms. The number of aliphatic hydroxyl groups is 1. The van der Waals surface area contributed by atoms with E-state index in [4.69, 9.17) is 23.8 Å². The summed E-state index contributed by atoms with van der Waals surface area (Å²) in [6.45, 7) is 8.73. The lowest BCUT2D eigenvalue weighted by atomic mass is 10.4. The second kappa shape index (κ2) is 11.8. The molecule has 1 rings (SSSR count). The first-order chi connectivity index (χ1) is 11.9. The third-order valence-electron chi connectivity index (χ3n) is 3.50. The van der Waals surface area contributed by atoms with Crippen LogP contribution in [0.2, 0.25) is 0 Å². The first-order valence-electron chi connectivity index (χ1n) is 8.56. The Labute approximate surface area is 149 Å². The van der Waals surface area contributed by atoms with E-state index in [1.54, 1.807) is 16.2 Å². The number of hydrogen-bond acceptors (Lipinski definition) is 7. The largest absolute Gasteiger partial charge is 0.447 e. The number of piperazine rings is 1. The molecule has 1 aliphatic heterocycles. The van der Waals surface area contributed by atoms with Crippen molar-refractivity contribution in [3.8, 4) is 0 Å². The quantitative estimate of drug-likeness (QED) is 0.418. The first kappa shape index (κ1) is 22.3. The topological polar surface area (TPSA) is 97.8 Å². The van der Waals surface area contributed by atoms with Gasteiger partial charge in [-0.05, 0) is 13.8 Å². The average Bonchev–Trinajstić information content (AvgIpc) is 2.56. The SMILES string of the molecule is CC(C)OP(C)(=O)N1CCN(C(=O)OCCOCCOCCO)CC1. The molecule has 0 bridgehead atoms. The summed E-state index contributed by atoms with van der Waals surface area (Å²) in [4.78, 5) is 13.6. The lowest BCUT2D eigenvalue weighted by Crippen LogP contribution is -2.47. The van der Waals surface area contributed by atoms with Crippen molar-refractivity contribution < 1.29 is 33.2 Å². The van der Waals surface area contributed by atoms with Gasteiger partial charge in [-0.3, -0.25) is 4.57 Å². The van der Waals surface area contributed by atoms with Crippen molar-refractivity contribution in [2.75, 3.05) is 72.5 Å². The maximum absolute atomic E-state index is 12.5. The van der Waals surface area contributed by atoms with Gasteiger partial charge in [0, 0.05) is 32.8 Å². The van der Waals surface area contributed by atoms with Gasteiger partial charge in [0.25, 0.3) is 7.52 Å².